The molecule has 2 rings (SSSR count). The summed E-state index contributed by atoms with van der Waals surface area (Å²) in [5.74, 6) is -0.361. The van der Waals surface area contributed by atoms with Crippen LogP contribution in [0.15, 0.2) is 4.79 Å². The maximum Gasteiger partial charge on any atom is 0.270 e. The van der Waals surface area contributed by atoms with Gasteiger partial charge < -0.3 is 11.1 Å². The lowest BCUT2D eigenvalue weighted by molar-refractivity contribution is 0.0940. The molecule has 0 spiro atoms. The number of carbonyl (C=O) groups is 1. The van der Waals surface area contributed by atoms with Crippen LogP contribution in [0.25, 0.3) is 0 Å². The second kappa shape index (κ2) is 2.58. The van der Waals surface area contributed by atoms with Crippen molar-refractivity contribution in [1.29, 1.82) is 0 Å². The summed E-state index contributed by atoms with van der Waals surface area (Å²) in [6.45, 7) is 0.473. The Hall–Kier alpha value is -1.85. The van der Waals surface area contributed by atoms with Gasteiger partial charge in [0.1, 0.15) is 5.69 Å². The molecule has 1 amide bonds. The van der Waals surface area contributed by atoms with Gasteiger partial charge in [-0.15, -0.1) is 0 Å². The SMILES string of the molecule is Nc1nc2c(c(=O)[nH]1)CCNC2=O. The Morgan fingerprint density at radius 3 is 2.92 bits per heavy atom. The van der Waals surface area contributed by atoms with Crippen LogP contribution in [0, 0.1) is 0 Å². The Kier molecular flexibility index (Phi) is 1.54. The molecule has 0 saturated heterocycles. The van der Waals surface area contributed by atoms with E-state index in [1.807, 2.05) is 0 Å². The number of aromatic nitrogens is 2. The van der Waals surface area contributed by atoms with E-state index in [2.05, 4.69) is 15.3 Å². The highest BCUT2D eigenvalue weighted by molar-refractivity contribution is 5.94. The highest BCUT2D eigenvalue weighted by atomic mass is 16.2. The van der Waals surface area contributed by atoms with Crippen LogP contribution in [0.4, 0.5) is 5.95 Å². The Morgan fingerprint density at radius 2 is 2.15 bits per heavy atom. The summed E-state index contributed by atoms with van der Waals surface area (Å²) in [5.41, 5.74) is 5.54. The van der Waals surface area contributed by atoms with E-state index in [1.54, 1.807) is 0 Å². The zero-order chi connectivity index (χ0) is 9.42. The smallest absolute Gasteiger partial charge is 0.270 e. The molecule has 6 heteroatoms. The average Bonchev–Trinajstić information content (AvgIpc) is 2.07. The summed E-state index contributed by atoms with van der Waals surface area (Å²) in [6, 6.07) is 0. The molecule has 1 aromatic rings. The first-order valence-electron chi connectivity index (χ1n) is 3.85. The van der Waals surface area contributed by atoms with E-state index < -0.39 is 0 Å². The van der Waals surface area contributed by atoms with Gasteiger partial charge in [0.05, 0.1) is 5.56 Å². The van der Waals surface area contributed by atoms with Crippen LogP contribution < -0.4 is 16.6 Å². The molecule has 13 heavy (non-hydrogen) atoms. The van der Waals surface area contributed by atoms with Gasteiger partial charge in [-0.05, 0) is 6.42 Å². The molecule has 2 heterocycles. The molecular formula is C7H8N4O2. The van der Waals surface area contributed by atoms with E-state index >= 15 is 0 Å². The summed E-state index contributed by atoms with van der Waals surface area (Å²) in [5, 5.41) is 2.58. The third kappa shape index (κ3) is 1.16. The minimum atomic E-state index is -0.334. The predicted molar refractivity (Wildman–Crippen MR) is 45.3 cm³/mol. The van der Waals surface area contributed by atoms with Gasteiger partial charge in [-0.3, -0.25) is 14.6 Å². The lowest BCUT2D eigenvalue weighted by atomic mass is 10.1. The normalized spacial score (nSPS) is 14.9. The van der Waals surface area contributed by atoms with E-state index in [-0.39, 0.29) is 23.1 Å². The number of amides is 1. The number of H-pyrrole nitrogens is 1. The zero-order valence-electron chi connectivity index (χ0n) is 6.76. The minimum Gasteiger partial charge on any atom is -0.369 e. The van der Waals surface area contributed by atoms with Gasteiger partial charge in [-0.2, -0.15) is 0 Å². The summed E-state index contributed by atoms with van der Waals surface area (Å²) in [7, 11) is 0. The molecule has 0 radical (unpaired) electrons. The second-order valence-corrected chi connectivity index (χ2v) is 2.78. The van der Waals surface area contributed by atoms with E-state index in [0.717, 1.165) is 0 Å². The maximum absolute atomic E-state index is 11.3. The van der Waals surface area contributed by atoms with Crippen LogP contribution in [-0.4, -0.2) is 22.4 Å². The third-order valence-electron chi connectivity index (χ3n) is 1.91. The fourth-order valence-electron chi connectivity index (χ4n) is 1.32. The highest BCUT2D eigenvalue weighted by Crippen LogP contribution is 2.06. The first-order chi connectivity index (χ1) is 6.18. The summed E-state index contributed by atoms with van der Waals surface area (Å²) in [6.07, 6.45) is 0.504. The molecular weight excluding hydrogens is 172 g/mol. The van der Waals surface area contributed by atoms with Crippen LogP contribution >= 0.6 is 0 Å². The summed E-state index contributed by atoms with van der Waals surface area (Å²) in [4.78, 5) is 28.6. The van der Waals surface area contributed by atoms with Gasteiger partial charge in [-0.25, -0.2) is 4.98 Å². The first-order valence-corrected chi connectivity index (χ1v) is 3.85. The van der Waals surface area contributed by atoms with Crippen LogP contribution in [0.3, 0.4) is 0 Å². The van der Waals surface area contributed by atoms with Crippen LogP contribution in [0.2, 0.25) is 0 Å². The minimum absolute atomic E-state index is 0.0270. The highest BCUT2D eigenvalue weighted by Gasteiger charge is 2.21. The van der Waals surface area contributed by atoms with Crippen molar-refractivity contribution in [2.45, 2.75) is 6.42 Å². The van der Waals surface area contributed by atoms with E-state index in [4.69, 9.17) is 5.73 Å². The molecule has 1 aromatic heterocycles. The number of carbonyl (C=O) groups excluding carboxylic acids is 1. The topological polar surface area (TPSA) is 101 Å². The molecule has 0 saturated carbocycles. The maximum atomic E-state index is 11.3. The Labute approximate surface area is 73.2 Å². The monoisotopic (exact) mass is 180 g/mol. The quantitative estimate of drug-likeness (QED) is 0.459. The van der Waals surface area contributed by atoms with Crippen molar-refractivity contribution in [3.8, 4) is 0 Å². The molecule has 1 aliphatic rings. The Bertz CT molecular complexity index is 423. The van der Waals surface area contributed by atoms with Crippen LogP contribution in [0.5, 0.6) is 0 Å². The number of nitrogens with zero attached hydrogens (tertiary/aromatic N) is 1. The number of hydrogen-bond donors (Lipinski definition) is 3. The van der Waals surface area contributed by atoms with Crippen molar-refractivity contribution in [3.63, 3.8) is 0 Å². The number of nitrogen functional groups attached to an aromatic ring is 1. The fourth-order valence-corrected chi connectivity index (χ4v) is 1.32. The number of nitrogens with two attached hydrogens (primary N) is 1. The molecule has 1 aliphatic heterocycles. The standard InChI is InChI=1S/C7H8N4O2/c8-7-10-4-3(5(12)11-7)1-2-9-6(4)13/h1-2H2,(H,9,13)(H3,8,10,11,12). The molecule has 68 valence electrons. The van der Waals surface area contributed by atoms with Crippen molar-refractivity contribution in [2.24, 2.45) is 0 Å². The largest absolute Gasteiger partial charge is 0.369 e. The lowest BCUT2D eigenvalue weighted by Crippen LogP contribution is -2.37. The summed E-state index contributed by atoms with van der Waals surface area (Å²) >= 11 is 0. The van der Waals surface area contributed by atoms with Gasteiger partial charge >= 0.3 is 0 Å². The number of aromatic amines is 1. The van der Waals surface area contributed by atoms with Crippen molar-refractivity contribution in [1.82, 2.24) is 15.3 Å². The second-order valence-electron chi connectivity index (χ2n) is 2.78. The summed E-state index contributed by atoms with van der Waals surface area (Å²) < 4.78 is 0. The van der Waals surface area contributed by atoms with Gasteiger partial charge in [-0.1, -0.05) is 0 Å². The Balaban J connectivity index is 2.70. The van der Waals surface area contributed by atoms with Crippen molar-refractivity contribution in [3.05, 3.63) is 21.6 Å². The fraction of sp³-hybridized carbons (Fsp3) is 0.286. The Morgan fingerprint density at radius 1 is 1.38 bits per heavy atom. The van der Waals surface area contributed by atoms with Crippen molar-refractivity contribution < 1.29 is 4.79 Å². The van der Waals surface area contributed by atoms with E-state index in [9.17, 15) is 9.59 Å². The number of fused-ring (bicyclic) bond motifs is 1. The molecule has 0 aliphatic carbocycles. The van der Waals surface area contributed by atoms with E-state index in [0.29, 0.717) is 18.5 Å². The van der Waals surface area contributed by atoms with Gasteiger partial charge in [0, 0.05) is 6.54 Å². The molecule has 0 unspecified atom stereocenters. The number of anilines is 1. The number of hydrogen-bond acceptors (Lipinski definition) is 4. The van der Waals surface area contributed by atoms with Gasteiger partial charge in [0.15, 0.2) is 0 Å². The predicted octanol–water partition coefficient (Wildman–Crippen LogP) is -1.36. The third-order valence-corrected chi connectivity index (χ3v) is 1.91. The number of nitrogens with one attached hydrogen (secondary N) is 2. The molecule has 4 N–H and O–H groups in total. The number of rotatable bonds is 0. The van der Waals surface area contributed by atoms with E-state index in [1.165, 1.54) is 0 Å². The molecule has 6 nitrogen and oxygen atoms in total. The van der Waals surface area contributed by atoms with Crippen LogP contribution in [-0.2, 0) is 6.42 Å². The van der Waals surface area contributed by atoms with Gasteiger partial charge in [0.25, 0.3) is 11.5 Å². The van der Waals surface area contributed by atoms with Crippen molar-refractivity contribution >= 4 is 11.9 Å². The molecule has 0 bridgehead atoms. The first kappa shape index (κ1) is 7.78. The van der Waals surface area contributed by atoms with Crippen LogP contribution in [0.1, 0.15) is 16.1 Å². The average molecular weight is 180 g/mol. The zero-order valence-corrected chi connectivity index (χ0v) is 6.76. The van der Waals surface area contributed by atoms with Crippen molar-refractivity contribution in [2.75, 3.05) is 12.3 Å². The molecule has 0 aromatic carbocycles. The molecule has 0 fully saturated rings. The lowest BCUT2D eigenvalue weighted by Gasteiger charge is -2.13. The van der Waals surface area contributed by atoms with Gasteiger partial charge in [0.2, 0.25) is 5.95 Å². The molecule has 0 atom stereocenters.